The molecule has 2 aromatic rings. The molecule has 0 aliphatic rings. The summed E-state index contributed by atoms with van der Waals surface area (Å²) in [7, 11) is 0. The van der Waals surface area contributed by atoms with Crippen LogP contribution in [0.5, 0.6) is 5.75 Å². The predicted octanol–water partition coefficient (Wildman–Crippen LogP) is 3.92. The quantitative estimate of drug-likeness (QED) is 0.772. The Morgan fingerprint density at radius 3 is 2.44 bits per heavy atom. The predicted molar refractivity (Wildman–Crippen MR) is 94.5 cm³/mol. The van der Waals surface area contributed by atoms with Gasteiger partial charge < -0.3 is 15.4 Å². The van der Waals surface area contributed by atoms with E-state index in [-0.39, 0.29) is 12.2 Å². The average molecular weight is 401 g/mol. The number of carbonyl (C=O) groups excluding carboxylic acids is 2. The fourth-order valence-corrected chi connectivity index (χ4v) is 2.19. The summed E-state index contributed by atoms with van der Waals surface area (Å²) in [6, 6.07) is 12.2. The van der Waals surface area contributed by atoms with Crippen LogP contribution in [0.25, 0.3) is 0 Å². The summed E-state index contributed by atoms with van der Waals surface area (Å²) in [4.78, 5) is 23.1. The molecule has 0 aliphatic carbocycles. The third kappa shape index (κ3) is 6.49. The topological polar surface area (TPSA) is 67.4 Å². The minimum absolute atomic E-state index is 0.0189. The maximum Gasteiger partial charge on any atom is 0.471 e. The second-order valence-electron chi connectivity index (χ2n) is 5.58. The van der Waals surface area contributed by atoms with Crippen LogP contribution in [0, 0.1) is 0 Å². The van der Waals surface area contributed by atoms with Crippen molar-refractivity contribution in [1.29, 1.82) is 0 Å². The molecular weight excluding hydrogens is 385 g/mol. The number of ether oxygens (including phenoxy) is 1. The number of hydrogen-bond acceptors (Lipinski definition) is 3. The SMILES string of the molecule is CC(Oc1ccc(Cl)cc1)C(=O)NCc1cccc(NC(=O)C(F)(F)F)c1. The normalized spacial score (nSPS) is 12.2. The lowest BCUT2D eigenvalue weighted by molar-refractivity contribution is -0.167. The van der Waals surface area contributed by atoms with Crippen LogP contribution in [-0.2, 0) is 16.1 Å². The highest BCUT2D eigenvalue weighted by molar-refractivity contribution is 6.30. The zero-order valence-electron chi connectivity index (χ0n) is 14.1. The smallest absolute Gasteiger partial charge is 0.471 e. The van der Waals surface area contributed by atoms with Crippen LogP contribution in [0.3, 0.4) is 0 Å². The highest BCUT2D eigenvalue weighted by atomic mass is 35.5. The van der Waals surface area contributed by atoms with Gasteiger partial charge in [0.15, 0.2) is 6.10 Å². The van der Waals surface area contributed by atoms with Crippen molar-refractivity contribution in [2.24, 2.45) is 0 Å². The second-order valence-corrected chi connectivity index (χ2v) is 6.02. The molecule has 0 saturated carbocycles. The zero-order chi connectivity index (χ0) is 20.0. The van der Waals surface area contributed by atoms with E-state index in [9.17, 15) is 22.8 Å². The number of rotatable bonds is 6. The average Bonchev–Trinajstić information content (AvgIpc) is 2.61. The molecule has 0 saturated heterocycles. The molecule has 27 heavy (non-hydrogen) atoms. The summed E-state index contributed by atoms with van der Waals surface area (Å²) in [5.41, 5.74) is 0.497. The van der Waals surface area contributed by atoms with Gasteiger partial charge in [-0.2, -0.15) is 13.2 Å². The molecule has 9 heteroatoms. The first-order valence-electron chi connectivity index (χ1n) is 7.82. The first-order chi connectivity index (χ1) is 12.6. The van der Waals surface area contributed by atoms with Gasteiger partial charge in [-0.1, -0.05) is 23.7 Å². The van der Waals surface area contributed by atoms with E-state index in [1.54, 1.807) is 42.6 Å². The Morgan fingerprint density at radius 2 is 1.81 bits per heavy atom. The lowest BCUT2D eigenvalue weighted by Gasteiger charge is -2.15. The molecule has 0 heterocycles. The maximum absolute atomic E-state index is 12.3. The van der Waals surface area contributed by atoms with Gasteiger partial charge in [-0.3, -0.25) is 9.59 Å². The minimum Gasteiger partial charge on any atom is -0.481 e. The van der Waals surface area contributed by atoms with Crippen LogP contribution in [-0.4, -0.2) is 24.1 Å². The Kier molecular flexibility index (Phi) is 6.68. The number of anilines is 1. The van der Waals surface area contributed by atoms with E-state index >= 15 is 0 Å². The monoisotopic (exact) mass is 400 g/mol. The van der Waals surface area contributed by atoms with E-state index in [0.717, 1.165) is 0 Å². The van der Waals surface area contributed by atoms with Gasteiger partial charge in [0.05, 0.1) is 0 Å². The Morgan fingerprint density at radius 1 is 1.15 bits per heavy atom. The summed E-state index contributed by atoms with van der Waals surface area (Å²) in [5.74, 6) is -2.00. The van der Waals surface area contributed by atoms with Gasteiger partial charge in [-0.05, 0) is 48.9 Å². The number of carbonyl (C=O) groups is 2. The van der Waals surface area contributed by atoms with Crippen molar-refractivity contribution in [3.63, 3.8) is 0 Å². The van der Waals surface area contributed by atoms with Crippen LogP contribution in [0.2, 0.25) is 5.02 Å². The van der Waals surface area contributed by atoms with Crippen molar-refractivity contribution in [1.82, 2.24) is 5.32 Å². The Hall–Kier alpha value is -2.74. The van der Waals surface area contributed by atoms with Crippen molar-refractivity contribution in [2.75, 3.05) is 5.32 Å². The van der Waals surface area contributed by atoms with Crippen molar-refractivity contribution in [3.05, 3.63) is 59.1 Å². The Balaban J connectivity index is 1.89. The maximum atomic E-state index is 12.3. The highest BCUT2D eigenvalue weighted by Gasteiger charge is 2.38. The largest absolute Gasteiger partial charge is 0.481 e. The summed E-state index contributed by atoms with van der Waals surface area (Å²) >= 11 is 5.77. The number of alkyl halides is 3. The molecule has 0 radical (unpaired) electrons. The van der Waals surface area contributed by atoms with Gasteiger partial charge in [0.1, 0.15) is 5.75 Å². The Labute approximate surface area is 158 Å². The molecule has 0 aliphatic heterocycles. The fraction of sp³-hybridized carbons (Fsp3) is 0.222. The van der Waals surface area contributed by atoms with Crippen molar-refractivity contribution >= 4 is 29.1 Å². The van der Waals surface area contributed by atoms with Crippen LogP contribution in [0.4, 0.5) is 18.9 Å². The highest BCUT2D eigenvalue weighted by Crippen LogP contribution is 2.19. The molecule has 2 amide bonds. The first-order valence-corrected chi connectivity index (χ1v) is 8.20. The van der Waals surface area contributed by atoms with E-state index < -0.39 is 24.1 Å². The van der Waals surface area contributed by atoms with E-state index in [4.69, 9.17) is 16.3 Å². The van der Waals surface area contributed by atoms with Crippen LogP contribution in [0.1, 0.15) is 12.5 Å². The number of halogens is 4. The zero-order valence-corrected chi connectivity index (χ0v) is 14.9. The van der Waals surface area contributed by atoms with E-state index in [1.165, 1.54) is 18.2 Å². The van der Waals surface area contributed by atoms with Gasteiger partial charge in [-0.15, -0.1) is 0 Å². The molecule has 2 aromatic carbocycles. The molecule has 0 fully saturated rings. The molecule has 2 rings (SSSR count). The molecule has 2 N–H and O–H groups in total. The molecule has 1 atom stereocenters. The summed E-state index contributed by atoms with van der Waals surface area (Å²) < 4.78 is 42.3. The Bertz CT molecular complexity index is 810. The minimum atomic E-state index is -4.97. The fourth-order valence-electron chi connectivity index (χ4n) is 2.06. The van der Waals surface area contributed by atoms with Gasteiger partial charge >= 0.3 is 12.1 Å². The van der Waals surface area contributed by atoms with Gasteiger partial charge in [0.25, 0.3) is 5.91 Å². The van der Waals surface area contributed by atoms with E-state index in [0.29, 0.717) is 16.3 Å². The second kappa shape index (κ2) is 8.77. The van der Waals surface area contributed by atoms with Crippen molar-refractivity contribution < 1.29 is 27.5 Å². The van der Waals surface area contributed by atoms with E-state index in [1.807, 2.05) is 0 Å². The molecule has 0 spiro atoms. The molecular formula is C18H16ClF3N2O3. The van der Waals surface area contributed by atoms with E-state index in [2.05, 4.69) is 5.32 Å². The van der Waals surface area contributed by atoms with Crippen LogP contribution >= 0.6 is 11.6 Å². The summed E-state index contributed by atoms with van der Waals surface area (Å²) in [5, 5.41) is 4.91. The van der Waals surface area contributed by atoms with Crippen LogP contribution in [0.15, 0.2) is 48.5 Å². The number of benzene rings is 2. The molecule has 144 valence electrons. The van der Waals surface area contributed by atoms with Gasteiger partial charge in [-0.25, -0.2) is 0 Å². The molecule has 5 nitrogen and oxygen atoms in total. The third-order valence-electron chi connectivity index (χ3n) is 3.40. The van der Waals surface area contributed by atoms with Crippen molar-refractivity contribution in [3.8, 4) is 5.75 Å². The van der Waals surface area contributed by atoms with Crippen molar-refractivity contribution in [2.45, 2.75) is 25.7 Å². The number of amides is 2. The lowest BCUT2D eigenvalue weighted by atomic mass is 10.2. The molecule has 0 aromatic heterocycles. The standard InChI is InChI=1S/C18H16ClF3N2O3/c1-11(27-15-7-5-13(19)6-8-15)16(25)23-10-12-3-2-4-14(9-12)24-17(26)18(20,21)22/h2-9,11H,10H2,1H3,(H,23,25)(H,24,26). The number of nitrogens with one attached hydrogen (secondary N) is 2. The summed E-state index contributed by atoms with van der Waals surface area (Å²) in [6.07, 6.45) is -5.77. The van der Waals surface area contributed by atoms with Crippen LogP contribution < -0.4 is 15.4 Å². The first kappa shape index (κ1) is 20.6. The van der Waals surface area contributed by atoms with Gasteiger partial charge in [0, 0.05) is 17.3 Å². The molecule has 0 bridgehead atoms. The van der Waals surface area contributed by atoms with Gasteiger partial charge in [0.2, 0.25) is 0 Å². The lowest BCUT2D eigenvalue weighted by Crippen LogP contribution is -2.35. The summed E-state index contributed by atoms with van der Waals surface area (Å²) in [6.45, 7) is 1.62. The third-order valence-corrected chi connectivity index (χ3v) is 3.66. The molecule has 1 unspecified atom stereocenters. The number of hydrogen-bond donors (Lipinski definition) is 2.